The zero-order valence-electron chi connectivity index (χ0n) is 8.12. The molecule has 1 aliphatic rings. The summed E-state index contributed by atoms with van der Waals surface area (Å²) in [6, 6.07) is 0. The molecule has 74 valence electrons. The van der Waals surface area contributed by atoms with E-state index < -0.39 is 23.5 Å². The van der Waals surface area contributed by atoms with Gasteiger partial charge in [-0.25, -0.2) is 0 Å². The number of carbonyl (C=O) groups is 2. The van der Waals surface area contributed by atoms with Gasteiger partial charge in [-0.2, -0.15) is 0 Å². The SMILES string of the molecule is CCOC(=O)[C@@H]1CC(C)(C)OC1=O. The molecule has 1 saturated heterocycles. The van der Waals surface area contributed by atoms with Gasteiger partial charge in [-0.15, -0.1) is 0 Å². The van der Waals surface area contributed by atoms with Gasteiger partial charge in [0.15, 0.2) is 5.92 Å². The average molecular weight is 186 g/mol. The number of hydrogen-bond acceptors (Lipinski definition) is 4. The molecule has 4 heteroatoms. The van der Waals surface area contributed by atoms with Gasteiger partial charge in [0.05, 0.1) is 6.61 Å². The minimum Gasteiger partial charge on any atom is -0.465 e. The molecule has 0 aliphatic carbocycles. The average Bonchev–Trinajstić information content (AvgIpc) is 2.25. The van der Waals surface area contributed by atoms with Crippen molar-refractivity contribution in [3.05, 3.63) is 0 Å². The van der Waals surface area contributed by atoms with Crippen LogP contribution in [0.3, 0.4) is 0 Å². The summed E-state index contributed by atoms with van der Waals surface area (Å²) in [5.74, 6) is -1.67. The highest BCUT2D eigenvalue weighted by atomic mass is 16.6. The molecule has 0 saturated carbocycles. The zero-order valence-corrected chi connectivity index (χ0v) is 8.12. The van der Waals surface area contributed by atoms with Crippen LogP contribution in [0.4, 0.5) is 0 Å². The third-order valence-electron chi connectivity index (χ3n) is 1.93. The highest BCUT2D eigenvalue weighted by Crippen LogP contribution is 2.30. The van der Waals surface area contributed by atoms with E-state index in [0.29, 0.717) is 13.0 Å². The Hall–Kier alpha value is -1.06. The molecule has 0 radical (unpaired) electrons. The van der Waals surface area contributed by atoms with E-state index in [1.807, 2.05) is 0 Å². The maximum atomic E-state index is 11.2. The maximum Gasteiger partial charge on any atom is 0.321 e. The van der Waals surface area contributed by atoms with E-state index in [9.17, 15) is 9.59 Å². The van der Waals surface area contributed by atoms with Gasteiger partial charge >= 0.3 is 11.9 Å². The molecule has 1 aliphatic heterocycles. The molecule has 0 N–H and O–H groups in total. The van der Waals surface area contributed by atoms with Gasteiger partial charge in [0.2, 0.25) is 0 Å². The van der Waals surface area contributed by atoms with Crippen molar-refractivity contribution in [1.82, 2.24) is 0 Å². The Labute approximate surface area is 77.2 Å². The first kappa shape index (κ1) is 10.0. The van der Waals surface area contributed by atoms with Crippen molar-refractivity contribution in [3.8, 4) is 0 Å². The number of hydrogen-bond donors (Lipinski definition) is 0. The van der Waals surface area contributed by atoms with E-state index in [1.165, 1.54) is 0 Å². The lowest BCUT2D eigenvalue weighted by atomic mass is 9.98. The summed E-state index contributed by atoms with van der Waals surface area (Å²) in [6.45, 7) is 5.57. The van der Waals surface area contributed by atoms with Crippen LogP contribution in [0.2, 0.25) is 0 Å². The fraction of sp³-hybridized carbons (Fsp3) is 0.778. The van der Waals surface area contributed by atoms with Crippen LogP contribution in [0.25, 0.3) is 0 Å². The van der Waals surface area contributed by atoms with Crippen LogP contribution in [0.5, 0.6) is 0 Å². The number of esters is 2. The third-order valence-corrected chi connectivity index (χ3v) is 1.93. The summed E-state index contributed by atoms with van der Waals surface area (Å²) in [4.78, 5) is 22.4. The quantitative estimate of drug-likeness (QED) is 0.474. The van der Waals surface area contributed by atoms with E-state index in [0.717, 1.165) is 0 Å². The van der Waals surface area contributed by atoms with E-state index in [1.54, 1.807) is 20.8 Å². The van der Waals surface area contributed by atoms with E-state index in [-0.39, 0.29) is 0 Å². The molecular weight excluding hydrogens is 172 g/mol. The largest absolute Gasteiger partial charge is 0.465 e. The first-order chi connectivity index (χ1) is 5.96. The first-order valence-corrected chi connectivity index (χ1v) is 4.36. The highest BCUT2D eigenvalue weighted by Gasteiger charge is 2.44. The second kappa shape index (κ2) is 3.36. The number of rotatable bonds is 2. The fourth-order valence-corrected chi connectivity index (χ4v) is 1.38. The summed E-state index contributed by atoms with van der Waals surface area (Å²) in [6.07, 6.45) is 0.407. The van der Waals surface area contributed by atoms with Crippen molar-refractivity contribution >= 4 is 11.9 Å². The molecule has 1 atom stereocenters. The molecule has 0 aromatic rings. The molecule has 0 aromatic carbocycles. The van der Waals surface area contributed by atoms with Crippen LogP contribution < -0.4 is 0 Å². The lowest BCUT2D eigenvalue weighted by Gasteiger charge is -2.14. The van der Waals surface area contributed by atoms with Gasteiger partial charge in [0.25, 0.3) is 0 Å². The summed E-state index contributed by atoms with van der Waals surface area (Å²) >= 11 is 0. The first-order valence-electron chi connectivity index (χ1n) is 4.36. The standard InChI is InChI=1S/C9H14O4/c1-4-12-7(10)6-5-9(2,3)13-8(6)11/h6H,4-5H2,1-3H3/t6-/m0/s1. The van der Waals surface area contributed by atoms with Crippen molar-refractivity contribution in [3.63, 3.8) is 0 Å². The smallest absolute Gasteiger partial charge is 0.321 e. The zero-order chi connectivity index (χ0) is 10.1. The van der Waals surface area contributed by atoms with Gasteiger partial charge in [0, 0.05) is 6.42 Å². The van der Waals surface area contributed by atoms with E-state index in [2.05, 4.69) is 0 Å². The Kier molecular flexibility index (Phi) is 2.59. The summed E-state index contributed by atoms with van der Waals surface area (Å²) in [5, 5.41) is 0. The highest BCUT2D eigenvalue weighted by molar-refractivity contribution is 5.96. The van der Waals surface area contributed by atoms with Gasteiger partial charge < -0.3 is 9.47 Å². The molecule has 0 bridgehead atoms. The minimum absolute atomic E-state index is 0.295. The number of ether oxygens (including phenoxy) is 2. The van der Waals surface area contributed by atoms with Crippen molar-refractivity contribution in [2.24, 2.45) is 5.92 Å². The lowest BCUT2D eigenvalue weighted by Crippen LogP contribution is -2.22. The molecule has 13 heavy (non-hydrogen) atoms. The molecule has 1 heterocycles. The van der Waals surface area contributed by atoms with E-state index in [4.69, 9.17) is 9.47 Å². The van der Waals surface area contributed by atoms with Crippen molar-refractivity contribution in [1.29, 1.82) is 0 Å². The normalized spacial score (nSPS) is 25.5. The number of carbonyl (C=O) groups excluding carboxylic acids is 2. The second-order valence-electron chi connectivity index (χ2n) is 3.69. The van der Waals surface area contributed by atoms with E-state index >= 15 is 0 Å². The van der Waals surface area contributed by atoms with Crippen molar-refractivity contribution in [2.75, 3.05) is 6.61 Å². The van der Waals surface area contributed by atoms with Crippen LogP contribution in [0.15, 0.2) is 0 Å². The molecule has 0 amide bonds. The lowest BCUT2D eigenvalue weighted by molar-refractivity contribution is -0.157. The molecule has 0 aromatic heterocycles. The Balaban J connectivity index is 2.63. The predicted molar refractivity (Wildman–Crippen MR) is 44.9 cm³/mol. The Morgan fingerprint density at radius 2 is 2.31 bits per heavy atom. The third kappa shape index (κ3) is 2.20. The Morgan fingerprint density at radius 1 is 1.69 bits per heavy atom. The molecule has 4 nitrogen and oxygen atoms in total. The monoisotopic (exact) mass is 186 g/mol. The summed E-state index contributed by atoms with van der Waals surface area (Å²) < 4.78 is 9.74. The molecule has 1 rings (SSSR count). The van der Waals surface area contributed by atoms with Gasteiger partial charge in [-0.05, 0) is 20.8 Å². The second-order valence-corrected chi connectivity index (χ2v) is 3.69. The Morgan fingerprint density at radius 3 is 2.69 bits per heavy atom. The predicted octanol–water partition coefficient (Wildman–Crippen LogP) is 0.891. The van der Waals surface area contributed by atoms with Crippen LogP contribution in [-0.2, 0) is 19.1 Å². The maximum absolute atomic E-state index is 11.2. The summed E-state index contributed by atoms with van der Waals surface area (Å²) in [5.41, 5.74) is -0.533. The van der Waals surface area contributed by atoms with Crippen LogP contribution in [-0.4, -0.2) is 24.1 Å². The van der Waals surface area contributed by atoms with Gasteiger partial charge in [0.1, 0.15) is 5.60 Å². The Bertz CT molecular complexity index is 232. The van der Waals surface area contributed by atoms with Crippen molar-refractivity contribution < 1.29 is 19.1 Å². The molecule has 0 unspecified atom stereocenters. The molecule has 0 spiro atoms. The number of cyclic esters (lactones) is 1. The van der Waals surface area contributed by atoms with Gasteiger partial charge in [-0.1, -0.05) is 0 Å². The summed E-state index contributed by atoms with van der Waals surface area (Å²) in [7, 11) is 0. The van der Waals surface area contributed by atoms with Crippen LogP contribution in [0.1, 0.15) is 27.2 Å². The molecular formula is C9H14O4. The van der Waals surface area contributed by atoms with Gasteiger partial charge in [-0.3, -0.25) is 9.59 Å². The topological polar surface area (TPSA) is 52.6 Å². The van der Waals surface area contributed by atoms with Crippen LogP contribution >= 0.6 is 0 Å². The minimum atomic E-state index is -0.727. The fourth-order valence-electron chi connectivity index (χ4n) is 1.38. The van der Waals surface area contributed by atoms with Crippen molar-refractivity contribution in [2.45, 2.75) is 32.8 Å². The molecule has 1 fully saturated rings. The van der Waals surface area contributed by atoms with Crippen LogP contribution in [0, 0.1) is 5.92 Å².